The molecule has 1 unspecified atom stereocenters. The number of rotatable bonds is 3. The molecule has 2 rings (SSSR count). The van der Waals surface area contributed by atoms with Crippen LogP contribution in [0.4, 0.5) is 0 Å². The summed E-state index contributed by atoms with van der Waals surface area (Å²) < 4.78 is 0. The first-order valence-electron chi connectivity index (χ1n) is 4.45. The van der Waals surface area contributed by atoms with Gasteiger partial charge in [-0.2, -0.15) is 11.8 Å². The number of nitrogens with zero attached hydrogens (tertiary/aromatic N) is 2. The Bertz CT molecular complexity index is 268. The van der Waals surface area contributed by atoms with Crippen molar-refractivity contribution in [3.05, 3.63) is 10.0 Å². The van der Waals surface area contributed by atoms with Gasteiger partial charge in [-0.15, -0.1) is 10.2 Å². The quantitative estimate of drug-likeness (QED) is 0.829. The second-order valence-corrected chi connectivity index (χ2v) is 5.37. The van der Waals surface area contributed by atoms with Gasteiger partial charge in [0.15, 0.2) is 0 Å². The van der Waals surface area contributed by atoms with E-state index in [-0.39, 0.29) is 0 Å². The second-order valence-electron chi connectivity index (χ2n) is 3.12. The molecule has 3 nitrogen and oxygen atoms in total. The van der Waals surface area contributed by atoms with E-state index in [1.807, 2.05) is 18.8 Å². The Morgan fingerprint density at radius 2 is 2.46 bits per heavy atom. The van der Waals surface area contributed by atoms with E-state index in [1.54, 1.807) is 11.3 Å². The fraction of sp³-hybridized carbons (Fsp3) is 0.750. The van der Waals surface area contributed by atoms with Crippen molar-refractivity contribution in [3.8, 4) is 0 Å². The van der Waals surface area contributed by atoms with Crippen LogP contribution < -0.4 is 5.32 Å². The second kappa shape index (κ2) is 4.39. The average Bonchev–Trinajstić information content (AvgIpc) is 2.70. The van der Waals surface area contributed by atoms with Gasteiger partial charge >= 0.3 is 0 Å². The summed E-state index contributed by atoms with van der Waals surface area (Å²) in [6, 6.07) is 0. The van der Waals surface area contributed by atoms with Gasteiger partial charge in [0.25, 0.3) is 0 Å². The number of thioether (sulfide) groups is 1. The van der Waals surface area contributed by atoms with Crippen molar-refractivity contribution >= 4 is 23.1 Å². The molecule has 0 radical (unpaired) electrons. The molecule has 0 amide bonds. The number of hydrogen-bond donors (Lipinski definition) is 1. The summed E-state index contributed by atoms with van der Waals surface area (Å²) in [6.07, 6.45) is 1.28. The molecule has 1 atom stereocenters. The van der Waals surface area contributed by atoms with Crippen molar-refractivity contribution in [2.24, 2.45) is 0 Å². The maximum absolute atomic E-state index is 4.23. The van der Waals surface area contributed by atoms with Crippen LogP contribution in [0.5, 0.6) is 0 Å². The Morgan fingerprint density at radius 1 is 1.54 bits per heavy atom. The molecule has 1 saturated heterocycles. The van der Waals surface area contributed by atoms with Crippen LogP contribution in [0.1, 0.15) is 22.4 Å². The van der Waals surface area contributed by atoms with Crippen LogP contribution in [0.25, 0.3) is 0 Å². The highest BCUT2D eigenvalue weighted by Crippen LogP contribution is 2.33. The van der Waals surface area contributed by atoms with Gasteiger partial charge in [0.05, 0.1) is 0 Å². The lowest BCUT2D eigenvalue weighted by atomic mass is 10.1. The van der Waals surface area contributed by atoms with Crippen molar-refractivity contribution in [1.29, 1.82) is 0 Å². The minimum atomic E-state index is 0.674. The third-order valence-corrected chi connectivity index (χ3v) is 4.34. The summed E-state index contributed by atoms with van der Waals surface area (Å²) in [5.41, 5.74) is 0. The summed E-state index contributed by atoms with van der Waals surface area (Å²) in [5, 5.41) is 13.8. The smallest absolute Gasteiger partial charge is 0.131 e. The van der Waals surface area contributed by atoms with E-state index in [9.17, 15) is 0 Å². The van der Waals surface area contributed by atoms with Gasteiger partial charge in [-0.25, -0.2) is 0 Å². The largest absolute Gasteiger partial charge is 0.313 e. The number of nitrogens with one attached hydrogen (secondary N) is 1. The van der Waals surface area contributed by atoms with E-state index < -0.39 is 0 Å². The standard InChI is InChI=1S/C8H13N3S2/c1-9-4-7-10-11-8(13-7)6-2-3-12-5-6/h6,9H,2-5H2,1H3. The lowest BCUT2D eigenvalue weighted by Gasteiger charge is -1.99. The first kappa shape index (κ1) is 9.43. The monoisotopic (exact) mass is 215 g/mol. The first-order valence-corrected chi connectivity index (χ1v) is 6.42. The molecule has 0 saturated carbocycles. The molecule has 1 N–H and O–H groups in total. The van der Waals surface area contributed by atoms with E-state index in [4.69, 9.17) is 0 Å². The van der Waals surface area contributed by atoms with Gasteiger partial charge in [-0.05, 0) is 19.2 Å². The summed E-state index contributed by atoms with van der Waals surface area (Å²) in [6.45, 7) is 0.845. The molecule has 1 aliphatic rings. The normalized spacial score (nSPS) is 22.4. The Morgan fingerprint density at radius 3 is 3.15 bits per heavy atom. The van der Waals surface area contributed by atoms with Crippen LogP contribution in [-0.4, -0.2) is 28.8 Å². The van der Waals surface area contributed by atoms with Crippen LogP contribution in [-0.2, 0) is 6.54 Å². The molecule has 1 aromatic heterocycles. The highest BCUT2D eigenvalue weighted by atomic mass is 32.2. The van der Waals surface area contributed by atoms with Crippen LogP contribution in [0.2, 0.25) is 0 Å². The van der Waals surface area contributed by atoms with Crippen LogP contribution in [0.3, 0.4) is 0 Å². The fourth-order valence-corrected chi connectivity index (χ4v) is 3.70. The number of hydrogen-bond acceptors (Lipinski definition) is 5. The molecular weight excluding hydrogens is 202 g/mol. The van der Waals surface area contributed by atoms with E-state index in [0.29, 0.717) is 5.92 Å². The van der Waals surface area contributed by atoms with Gasteiger partial charge < -0.3 is 5.32 Å². The third kappa shape index (κ3) is 2.21. The molecule has 72 valence electrons. The highest BCUT2D eigenvalue weighted by Gasteiger charge is 2.21. The molecular formula is C8H13N3S2. The third-order valence-electron chi connectivity index (χ3n) is 2.09. The van der Waals surface area contributed by atoms with Gasteiger partial charge in [0.1, 0.15) is 10.0 Å². The van der Waals surface area contributed by atoms with Crippen LogP contribution >= 0.6 is 23.1 Å². The topological polar surface area (TPSA) is 37.8 Å². The molecule has 13 heavy (non-hydrogen) atoms. The first-order chi connectivity index (χ1) is 6.40. The fourth-order valence-electron chi connectivity index (χ4n) is 1.38. The van der Waals surface area contributed by atoms with Crippen molar-refractivity contribution < 1.29 is 0 Å². The summed E-state index contributed by atoms with van der Waals surface area (Å²) in [5.74, 6) is 3.19. The Kier molecular flexibility index (Phi) is 3.18. The van der Waals surface area contributed by atoms with Crippen LogP contribution in [0, 0.1) is 0 Å². The lowest BCUT2D eigenvalue weighted by molar-refractivity contribution is 0.746. The lowest BCUT2D eigenvalue weighted by Crippen LogP contribution is -2.04. The zero-order valence-corrected chi connectivity index (χ0v) is 9.25. The SMILES string of the molecule is CNCc1nnc(C2CCSC2)s1. The minimum absolute atomic E-state index is 0.674. The van der Waals surface area contributed by atoms with Crippen LogP contribution in [0.15, 0.2) is 0 Å². The summed E-state index contributed by atoms with van der Waals surface area (Å²) in [4.78, 5) is 0. The van der Waals surface area contributed by atoms with E-state index in [0.717, 1.165) is 11.6 Å². The zero-order chi connectivity index (χ0) is 9.10. The van der Waals surface area contributed by atoms with Crippen molar-refractivity contribution in [2.75, 3.05) is 18.6 Å². The Labute approximate surface area is 86.3 Å². The Balaban J connectivity index is 2.03. The molecule has 0 aromatic carbocycles. The zero-order valence-electron chi connectivity index (χ0n) is 7.62. The maximum atomic E-state index is 4.23. The predicted octanol–water partition coefficient (Wildman–Crippen LogP) is 1.48. The van der Waals surface area contributed by atoms with E-state index in [1.165, 1.54) is 22.9 Å². The molecule has 5 heteroatoms. The summed E-state index contributed by atoms with van der Waals surface area (Å²) >= 11 is 3.78. The number of aromatic nitrogens is 2. The average molecular weight is 215 g/mol. The molecule has 1 fully saturated rings. The molecule has 1 aromatic rings. The Hall–Kier alpha value is -0.130. The van der Waals surface area contributed by atoms with Crippen molar-refractivity contribution in [3.63, 3.8) is 0 Å². The van der Waals surface area contributed by atoms with Gasteiger partial charge in [0, 0.05) is 18.2 Å². The van der Waals surface area contributed by atoms with Gasteiger partial charge in [0.2, 0.25) is 0 Å². The van der Waals surface area contributed by atoms with Crippen molar-refractivity contribution in [2.45, 2.75) is 18.9 Å². The van der Waals surface area contributed by atoms with Gasteiger partial charge in [-0.1, -0.05) is 11.3 Å². The maximum Gasteiger partial charge on any atom is 0.131 e. The molecule has 2 heterocycles. The molecule has 0 spiro atoms. The minimum Gasteiger partial charge on any atom is -0.313 e. The summed E-state index contributed by atoms with van der Waals surface area (Å²) in [7, 11) is 1.94. The van der Waals surface area contributed by atoms with Gasteiger partial charge in [-0.3, -0.25) is 0 Å². The highest BCUT2D eigenvalue weighted by molar-refractivity contribution is 7.99. The van der Waals surface area contributed by atoms with E-state index >= 15 is 0 Å². The van der Waals surface area contributed by atoms with Crippen molar-refractivity contribution in [1.82, 2.24) is 15.5 Å². The molecule has 1 aliphatic heterocycles. The molecule has 0 bridgehead atoms. The molecule has 0 aliphatic carbocycles. The predicted molar refractivity (Wildman–Crippen MR) is 57.4 cm³/mol. The van der Waals surface area contributed by atoms with E-state index in [2.05, 4.69) is 15.5 Å².